The molecule has 1 heterocycles. The molecule has 1 N–H and O–H groups in total. The van der Waals surface area contributed by atoms with Gasteiger partial charge >= 0.3 is 5.97 Å². The van der Waals surface area contributed by atoms with Crippen LogP contribution in [0.15, 0.2) is 35.7 Å². The third-order valence-electron chi connectivity index (χ3n) is 2.47. The summed E-state index contributed by atoms with van der Waals surface area (Å²) in [6.45, 7) is 0.403. The first kappa shape index (κ1) is 14.2. The molecule has 0 spiro atoms. The molecule has 0 aliphatic heterocycles. The molecule has 0 radical (unpaired) electrons. The second-order valence-corrected chi connectivity index (χ2v) is 5.83. The van der Waals surface area contributed by atoms with E-state index in [1.807, 2.05) is 17.5 Å². The standard InChI is InChI=1S/C13H11Cl2NO2S/c14-9-2-1-3-11(4-9)16(7-13(17)18)6-12-5-10(15)8-19-12/h1-5,8H,6-7H2,(H,17,18). The number of halogens is 2. The molecule has 3 nitrogen and oxygen atoms in total. The molecule has 0 saturated heterocycles. The molecule has 1 aromatic carbocycles. The second-order valence-electron chi connectivity index (χ2n) is 3.96. The highest BCUT2D eigenvalue weighted by Crippen LogP contribution is 2.25. The fourth-order valence-corrected chi connectivity index (χ4v) is 2.97. The van der Waals surface area contributed by atoms with Crippen molar-refractivity contribution in [3.8, 4) is 0 Å². The summed E-state index contributed by atoms with van der Waals surface area (Å²) in [7, 11) is 0. The minimum atomic E-state index is -0.886. The van der Waals surface area contributed by atoms with E-state index in [1.54, 1.807) is 23.1 Å². The maximum Gasteiger partial charge on any atom is 0.323 e. The Morgan fingerprint density at radius 2 is 2.05 bits per heavy atom. The van der Waals surface area contributed by atoms with Gasteiger partial charge < -0.3 is 10.0 Å². The van der Waals surface area contributed by atoms with Gasteiger partial charge in [0.05, 0.1) is 11.6 Å². The quantitative estimate of drug-likeness (QED) is 0.901. The number of benzene rings is 1. The Hall–Kier alpha value is -1.23. The molecule has 0 bridgehead atoms. The van der Waals surface area contributed by atoms with Gasteiger partial charge in [-0.15, -0.1) is 11.3 Å². The lowest BCUT2D eigenvalue weighted by Crippen LogP contribution is -2.28. The van der Waals surface area contributed by atoms with Crippen molar-refractivity contribution in [2.45, 2.75) is 6.54 Å². The minimum Gasteiger partial charge on any atom is -0.480 e. The lowest BCUT2D eigenvalue weighted by molar-refractivity contribution is -0.135. The fraction of sp³-hybridized carbons (Fsp3) is 0.154. The van der Waals surface area contributed by atoms with Crippen molar-refractivity contribution in [1.29, 1.82) is 0 Å². The molecule has 0 amide bonds. The van der Waals surface area contributed by atoms with Gasteiger partial charge in [-0.25, -0.2) is 0 Å². The molecule has 2 rings (SSSR count). The maximum absolute atomic E-state index is 11.0. The number of hydrogen-bond acceptors (Lipinski definition) is 3. The highest BCUT2D eigenvalue weighted by Gasteiger charge is 2.13. The molecule has 0 atom stereocenters. The van der Waals surface area contributed by atoms with E-state index in [0.29, 0.717) is 16.6 Å². The van der Waals surface area contributed by atoms with E-state index in [2.05, 4.69) is 0 Å². The normalized spacial score (nSPS) is 10.4. The molecule has 0 aliphatic rings. The first-order valence-corrected chi connectivity index (χ1v) is 7.13. The van der Waals surface area contributed by atoms with E-state index in [-0.39, 0.29) is 6.54 Å². The fourth-order valence-electron chi connectivity index (χ4n) is 1.70. The highest BCUT2D eigenvalue weighted by molar-refractivity contribution is 7.10. The van der Waals surface area contributed by atoms with Crippen molar-refractivity contribution in [2.24, 2.45) is 0 Å². The Balaban J connectivity index is 2.22. The third-order valence-corrected chi connectivity index (χ3v) is 3.97. The zero-order valence-corrected chi connectivity index (χ0v) is 12.2. The number of aliphatic carboxylic acids is 1. The van der Waals surface area contributed by atoms with Gasteiger partial charge in [0.15, 0.2) is 0 Å². The van der Waals surface area contributed by atoms with Crippen molar-refractivity contribution in [2.75, 3.05) is 11.4 Å². The molecule has 6 heteroatoms. The summed E-state index contributed by atoms with van der Waals surface area (Å²) >= 11 is 13.3. The first-order chi connectivity index (χ1) is 9.04. The van der Waals surface area contributed by atoms with Crippen LogP contribution in [0.5, 0.6) is 0 Å². The molecule has 0 fully saturated rings. The molecule has 19 heavy (non-hydrogen) atoms. The Morgan fingerprint density at radius 3 is 2.63 bits per heavy atom. The summed E-state index contributed by atoms with van der Waals surface area (Å²) in [6.07, 6.45) is 0. The van der Waals surface area contributed by atoms with Gasteiger partial charge in [0.1, 0.15) is 6.54 Å². The highest BCUT2D eigenvalue weighted by atomic mass is 35.5. The van der Waals surface area contributed by atoms with Crippen molar-refractivity contribution in [3.63, 3.8) is 0 Å². The summed E-state index contributed by atoms with van der Waals surface area (Å²) in [5.74, 6) is -0.886. The molecule has 0 saturated carbocycles. The number of nitrogens with zero attached hydrogens (tertiary/aromatic N) is 1. The van der Waals surface area contributed by atoms with Gasteiger partial charge in [-0.05, 0) is 24.3 Å². The van der Waals surface area contributed by atoms with Gasteiger partial charge in [-0.3, -0.25) is 4.79 Å². The number of carboxylic acids is 1. The summed E-state index contributed by atoms with van der Waals surface area (Å²) in [5.41, 5.74) is 0.777. The van der Waals surface area contributed by atoms with Gasteiger partial charge in [0.2, 0.25) is 0 Å². The Labute approximate surface area is 125 Å². The summed E-state index contributed by atoms with van der Waals surface area (Å²) < 4.78 is 0. The molecule has 0 unspecified atom stereocenters. The second kappa shape index (κ2) is 6.28. The zero-order valence-electron chi connectivity index (χ0n) is 9.85. The molecular formula is C13H11Cl2NO2S. The van der Waals surface area contributed by atoms with Gasteiger partial charge in [0, 0.05) is 21.0 Å². The molecule has 100 valence electrons. The van der Waals surface area contributed by atoms with Crippen LogP contribution in [0.1, 0.15) is 4.88 Å². The van der Waals surface area contributed by atoms with Crippen molar-refractivity contribution >= 4 is 46.2 Å². The van der Waals surface area contributed by atoms with E-state index in [0.717, 1.165) is 10.6 Å². The molecule has 0 aliphatic carbocycles. The number of thiophene rings is 1. The zero-order chi connectivity index (χ0) is 13.8. The van der Waals surface area contributed by atoms with Crippen LogP contribution in [0, 0.1) is 0 Å². The van der Waals surface area contributed by atoms with Crippen LogP contribution in [-0.2, 0) is 11.3 Å². The Kier molecular flexibility index (Phi) is 4.69. The van der Waals surface area contributed by atoms with Crippen molar-refractivity contribution in [3.05, 3.63) is 50.6 Å². The van der Waals surface area contributed by atoms with Gasteiger partial charge in [-0.2, -0.15) is 0 Å². The van der Waals surface area contributed by atoms with Crippen molar-refractivity contribution in [1.82, 2.24) is 0 Å². The smallest absolute Gasteiger partial charge is 0.323 e. The van der Waals surface area contributed by atoms with Crippen LogP contribution >= 0.6 is 34.5 Å². The first-order valence-electron chi connectivity index (χ1n) is 5.50. The number of anilines is 1. The molecule has 2 aromatic rings. The SMILES string of the molecule is O=C(O)CN(Cc1cc(Cl)cs1)c1cccc(Cl)c1. The van der Waals surface area contributed by atoms with E-state index >= 15 is 0 Å². The van der Waals surface area contributed by atoms with Gasteiger partial charge in [-0.1, -0.05) is 29.3 Å². The average Bonchev–Trinajstić information content (AvgIpc) is 2.73. The summed E-state index contributed by atoms with van der Waals surface area (Å²) in [4.78, 5) is 13.7. The largest absolute Gasteiger partial charge is 0.480 e. The Morgan fingerprint density at radius 1 is 1.26 bits per heavy atom. The number of hydrogen-bond donors (Lipinski definition) is 1. The van der Waals surface area contributed by atoms with Gasteiger partial charge in [0.25, 0.3) is 0 Å². The number of carboxylic acid groups (broad SMARTS) is 1. The molecular weight excluding hydrogens is 305 g/mol. The van der Waals surface area contributed by atoms with Crippen LogP contribution in [0.4, 0.5) is 5.69 Å². The summed E-state index contributed by atoms with van der Waals surface area (Å²) in [5, 5.41) is 12.1. The topological polar surface area (TPSA) is 40.5 Å². The lowest BCUT2D eigenvalue weighted by atomic mass is 10.2. The predicted octanol–water partition coefficient (Wildman–Crippen LogP) is 4.15. The minimum absolute atomic E-state index is 0.0874. The average molecular weight is 316 g/mol. The van der Waals surface area contributed by atoms with Crippen LogP contribution in [0.2, 0.25) is 10.0 Å². The monoisotopic (exact) mass is 315 g/mol. The number of rotatable bonds is 5. The Bertz CT molecular complexity index is 586. The van der Waals surface area contributed by atoms with Crippen LogP contribution in [0.25, 0.3) is 0 Å². The lowest BCUT2D eigenvalue weighted by Gasteiger charge is -2.22. The predicted molar refractivity (Wildman–Crippen MR) is 79.5 cm³/mol. The maximum atomic E-state index is 11.0. The van der Waals surface area contributed by atoms with Crippen molar-refractivity contribution < 1.29 is 9.90 Å². The van der Waals surface area contributed by atoms with E-state index in [4.69, 9.17) is 28.3 Å². The van der Waals surface area contributed by atoms with E-state index in [9.17, 15) is 4.79 Å². The van der Waals surface area contributed by atoms with E-state index < -0.39 is 5.97 Å². The summed E-state index contributed by atoms with van der Waals surface area (Å²) in [6, 6.07) is 8.98. The van der Waals surface area contributed by atoms with Crippen LogP contribution in [-0.4, -0.2) is 17.6 Å². The van der Waals surface area contributed by atoms with E-state index in [1.165, 1.54) is 11.3 Å². The number of carbonyl (C=O) groups is 1. The third kappa shape index (κ3) is 4.13. The van der Waals surface area contributed by atoms with Crippen LogP contribution < -0.4 is 4.90 Å². The van der Waals surface area contributed by atoms with Crippen LogP contribution in [0.3, 0.4) is 0 Å². The molecule has 1 aromatic heterocycles.